The van der Waals surface area contributed by atoms with E-state index in [4.69, 9.17) is 0 Å². The monoisotopic (exact) mass is 342 g/mol. The number of rotatable bonds is 4. The van der Waals surface area contributed by atoms with Crippen LogP contribution in [0.1, 0.15) is 30.6 Å². The topological polar surface area (TPSA) is 38.0 Å². The maximum Gasteiger partial charge on any atom is 0.107 e. The Labute approximate surface area is 115 Å². The van der Waals surface area contributed by atoms with E-state index >= 15 is 0 Å². The summed E-state index contributed by atoms with van der Waals surface area (Å²) in [7, 11) is 0. The van der Waals surface area contributed by atoms with Crippen molar-refractivity contribution in [3.8, 4) is 0 Å². The van der Waals surface area contributed by atoms with Crippen molar-refractivity contribution in [3.05, 3.63) is 51.4 Å². The van der Waals surface area contributed by atoms with Gasteiger partial charge in [-0.25, -0.2) is 0 Å². The van der Waals surface area contributed by atoms with Gasteiger partial charge in [-0.3, -0.25) is 4.68 Å². The van der Waals surface area contributed by atoms with Crippen LogP contribution < -0.4 is 0 Å². The van der Waals surface area contributed by atoms with Crippen molar-refractivity contribution in [1.29, 1.82) is 0 Å². The normalized spacial score (nSPS) is 12.6. The van der Waals surface area contributed by atoms with Gasteiger partial charge in [0.15, 0.2) is 0 Å². The van der Waals surface area contributed by atoms with E-state index in [2.05, 4.69) is 34.6 Å². The SMILES string of the molecule is CCCn1cc(C(O)c2cccc(I)c2)cn1. The molecule has 0 amide bonds. The molecule has 1 aromatic carbocycles. The molecule has 0 aliphatic carbocycles. The van der Waals surface area contributed by atoms with E-state index in [0.29, 0.717) is 0 Å². The summed E-state index contributed by atoms with van der Waals surface area (Å²) < 4.78 is 2.99. The number of aliphatic hydroxyl groups excluding tert-OH is 1. The van der Waals surface area contributed by atoms with Crippen LogP contribution in [0.15, 0.2) is 36.7 Å². The van der Waals surface area contributed by atoms with Gasteiger partial charge in [-0.1, -0.05) is 19.1 Å². The molecule has 4 heteroatoms. The van der Waals surface area contributed by atoms with Gasteiger partial charge in [-0.2, -0.15) is 5.10 Å². The van der Waals surface area contributed by atoms with Crippen LogP contribution in [0.2, 0.25) is 0 Å². The predicted octanol–water partition coefficient (Wildman–Crippen LogP) is 2.98. The lowest BCUT2D eigenvalue weighted by molar-refractivity contribution is 0.220. The molecular formula is C13H15IN2O. The molecular weight excluding hydrogens is 327 g/mol. The van der Waals surface area contributed by atoms with Crippen LogP contribution in [-0.2, 0) is 6.54 Å². The third-order valence-electron chi connectivity index (χ3n) is 2.59. The summed E-state index contributed by atoms with van der Waals surface area (Å²) in [6.45, 7) is 3.00. The number of hydrogen-bond acceptors (Lipinski definition) is 2. The fraction of sp³-hybridized carbons (Fsp3) is 0.308. The Kier molecular flexibility index (Phi) is 4.17. The maximum absolute atomic E-state index is 10.2. The first kappa shape index (κ1) is 12.6. The number of hydrogen-bond donors (Lipinski definition) is 1. The van der Waals surface area contributed by atoms with Crippen molar-refractivity contribution in [3.63, 3.8) is 0 Å². The number of nitrogens with zero attached hydrogens (tertiary/aromatic N) is 2. The average Bonchev–Trinajstić information content (AvgIpc) is 2.77. The molecule has 0 radical (unpaired) electrons. The highest BCUT2D eigenvalue weighted by Crippen LogP contribution is 2.22. The first-order chi connectivity index (χ1) is 8.20. The molecule has 2 aromatic rings. The summed E-state index contributed by atoms with van der Waals surface area (Å²) in [6.07, 6.45) is 4.10. The highest BCUT2D eigenvalue weighted by Gasteiger charge is 2.12. The van der Waals surface area contributed by atoms with Gasteiger partial charge >= 0.3 is 0 Å². The third kappa shape index (κ3) is 3.07. The van der Waals surface area contributed by atoms with Gasteiger partial charge in [0.2, 0.25) is 0 Å². The fourth-order valence-electron chi connectivity index (χ4n) is 1.74. The molecule has 0 fully saturated rings. The number of aromatic nitrogens is 2. The van der Waals surface area contributed by atoms with Crippen molar-refractivity contribution >= 4 is 22.6 Å². The Morgan fingerprint density at radius 1 is 1.41 bits per heavy atom. The summed E-state index contributed by atoms with van der Waals surface area (Å²) >= 11 is 2.24. The molecule has 0 saturated carbocycles. The Morgan fingerprint density at radius 2 is 2.24 bits per heavy atom. The molecule has 90 valence electrons. The largest absolute Gasteiger partial charge is 0.384 e. The molecule has 2 rings (SSSR count). The van der Waals surface area contributed by atoms with E-state index in [1.807, 2.05) is 35.1 Å². The van der Waals surface area contributed by atoms with Crippen LogP contribution in [0.25, 0.3) is 0 Å². The number of benzene rings is 1. The molecule has 1 aromatic heterocycles. The van der Waals surface area contributed by atoms with Gasteiger partial charge in [0, 0.05) is 21.9 Å². The second kappa shape index (κ2) is 5.64. The maximum atomic E-state index is 10.2. The molecule has 1 heterocycles. The summed E-state index contributed by atoms with van der Waals surface area (Å²) in [4.78, 5) is 0. The first-order valence-electron chi connectivity index (χ1n) is 5.66. The molecule has 17 heavy (non-hydrogen) atoms. The van der Waals surface area contributed by atoms with Crippen molar-refractivity contribution in [2.45, 2.75) is 26.0 Å². The van der Waals surface area contributed by atoms with Crippen molar-refractivity contribution in [1.82, 2.24) is 9.78 Å². The van der Waals surface area contributed by atoms with Gasteiger partial charge in [0.1, 0.15) is 6.10 Å². The lowest BCUT2D eigenvalue weighted by Crippen LogP contribution is -1.99. The van der Waals surface area contributed by atoms with Gasteiger partial charge in [-0.05, 0) is 46.7 Å². The van der Waals surface area contributed by atoms with Crippen molar-refractivity contribution < 1.29 is 5.11 Å². The fourth-order valence-corrected chi connectivity index (χ4v) is 2.31. The Balaban J connectivity index is 2.21. The van der Waals surface area contributed by atoms with Gasteiger partial charge in [-0.15, -0.1) is 0 Å². The van der Waals surface area contributed by atoms with Crippen molar-refractivity contribution in [2.75, 3.05) is 0 Å². The quantitative estimate of drug-likeness (QED) is 0.868. The van der Waals surface area contributed by atoms with E-state index in [1.165, 1.54) is 0 Å². The summed E-state index contributed by atoms with van der Waals surface area (Å²) in [5.74, 6) is 0. The zero-order chi connectivity index (χ0) is 12.3. The highest BCUT2D eigenvalue weighted by molar-refractivity contribution is 14.1. The van der Waals surface area contributed by atoms with E-state index in [0.717, 1.165) is 27.7 Å². The Hall–Kier alpha value is -0.880. The van der Waals surface area contributed by atoms with E-state index in [1.54, 1.807) is 6.20 Å². The second-order valence-corrected chi connectivity index (χ2v) is 5.24. The van der Waals surface area contributed by atoms with Crippen LogP contribution in [0.5, 0.6) is 0 Å². The van der Waals surface area contributed by atoms with Crippen LogP contribution in [-0.4, -0.2) is 14.9 Å². The molecule has 0 aliphatic heterocycles. The number of aliphatic hydroxyl groups is 1. The Morgan fingerprint density at radius 3 is 2.94 bits per heavy atom. The van der Waals surface area contributed by atoms with Crippen molar-refractivity contribution in [2.24, 2.45) is 0 Å². The number of aryl methyl sites for hydroxylation is 1. The lowest BCUT2D eigenvalue weighted by atomic mass is 10.1. The third-order valence-corrected chi connectivity index (χ3v) is 3.26. The lowest BCUT2D eigenvalue weighted by Gasteiger charge is -2.08. The van der Waals surface area contributed by atoms with Gasteiger partial charge in [0.25, 0.3) is 0 Å². The first-order valence-corrected chi connectivity index (χ1v) is 6.74. The van der Waals surface area contributed by atoms with Crippen LogP contribution in [0.4, 0.5) is 0 Å². The molecule has 1 unspecified atom stereocenters. The highest BCUT2D eigenvalue weighted by atomic mass is 127. The van der Waals surface area contributed by atoms with E-state index in [9.17, 15) is 5.11 Å². The molecule has 0 bridgehead atoms. The smallest absolute Gasteiger partial charge is 0.107 e. The standard InChI is InChI=1S/C13H15IN2O/c1-2-6-16-9-11(8-15-16)13(17)10-4-3-5-12(14)7-10/h3-5,7-9,13,17H,2,6H2,1H3. The number of halogens is 1. The minimum Gasteiger partial charge on any atom is -0.384 e. The minimum atomic E-state index is -0.588. The molecule has 0 spiro atoms. The summed E-state index contributed by atoms with van der Waals surface area (Å²) in [6, 6.07) is 7.89. The molecule has 1 N–H and O–H groups in total. The average molecular weight is 342 g/mol. The zero-order valence-electron chi connectivity index (χ0n) is 9.68. The van der Waals surface area contributed by atoms with Crippen LogP contribution >= 0.6 is 22.6 Å². The van der Waals surface area contributed by atoms with Crippen LogP contribution in [0.3, 0.4) is 0 Å². The van der Waals surface area contributed by atoms with E-state index < -0.39 is 6.10 Å². The summed E-state index contributed by atoms with van der Waals surface area (Å²) in [5.41, 5.74) is 1.76. The summed E-state index contributed by atoms with van der Waals surface area (Å²) in [5, 5.41) is 14.5. The second-order valence-electron chi connectivity index (χ2n) is 3.99. The van der Waals surface area contributed by atoms with Crippen LogP contribution in [0, 0.1) is 3.57 Å². The zero-order valence-corrected chi connectivity index (χ0v) is 11.8. The van der Waals surface area contributed by atoms with Gasteiger partial charge in [0.05, 0.1) is 6.20 Å². The molecule has 3 nitrogen and oxygen atoms in total. The molecule has 0 saturated heterocycles. The van der Waals surface area contributed by atoms with Gasteiger partial charge < -0.3 is 5.11 Å². The molecule has 0 aliphatic rings. The molecule has 1 atom stereocenters. The van der Waals surface area contributed by atoms with E-state index in [-0.39, 0.29) is 0 Å². The predicted molar refractivity (Wildman–Crippen MR) is 75.7 cm³/mol. The Bertz CT molecular complexity index is 496. The minimum absolute atomic E-state index is 0.588.